The molecular weight excluding hydrogens is 318 g/mol. The molecule has 23 heavy (non-hydrogen) atoms. The summed E-state index contributed by atoms with van der Waals surface area (Å²) in [4.78, 5) is 25.2. The zero-order valence-electron chi connectivity index (χ0n) is 13.4. The first-order chi connectivity index (χ1) is 10.6. The van der Waals surface area contributed by atoms with E-state index in [2.05, 4.69) is 5.32 Å². The molecule has 1 aliphatic rings. The van der Waals surface area contributed by atoms with Crippen molar-refractivity contribution in [3.05, 3.63) is 39.9 Å². The van der Waals surface area contributed by atoms with Crippen LogP contribution in [0, 0.1) is 10.1 Å². The Labute approximate surface area is 142 Å². The Morgan fingerprint density at radius 1 is 1.35 bits per heavy atom. The summed E-state index contributed by atoms with van der Waals surface area (Å²) in [5, 5.41) is 14.4. The van der Waals surface area contributed by atoms with Crippen molar-refractivity contribution in [2.45, 2.75) is 38.6 Å². The van der Waals surface area contributed by atoms with E-state index in [-0.39, 0.29) is 36.5 Å². The Hall–Kier alpha value is -1.66. The van der Waals surface area contributed by atoms with E-state index >= 15 is 0 Å². The van der Waals surface area contributed by atoms with Crippen LogP contribution in [-0.4, -0.2) is 41.4 Å². The minimum atomic E-state index is -0.419. The summed E-state index contributed by atoms with van der Waals surface area (Å²) in [7, 11) is 0. The van der Waals surface area contributed by atoms with E-state index in [9.17, 15) is 14.9 Å². The van der Waals surface area contributed by atoms with E-state index in [0.717, 1.165) is 32.4 Å². The van der Waals surface area contributed by atoms with Gasteiger partial charge in [-0.2, -0.15) is 0 Å². The lowest BCUT2D eigenvalue weighted by atomic mass is 10.0. The minimum absolute atomic E-state index is 0. The number of carbonyl (C=O) groups is 1. The molecule has 1 aromatic rings. The summed E-state index contributed by atoms with van der Waals surface area (Å²) in [6, 6.07) is 6.74. The number of nitrogens with one attached hydrogen (secondary N) is 1. The molecule has 1 N–H and O–H groups in total. The number of halogens is 1. The third-order valence-corrected chi connectivity index (χ3v) is 4.06. The number of nitrogens with zero attached hydrogens (tertiary/aromatic N) is 2. The second-order valence-electron chi connectivity index (χ2n) is 5.63. The number of hydrogen-bond acceptors (Lipinski definition) is 4. The number of piperidine rings is 1. The van der Waals surface area contributed by atoms with Gasteiger partial charge in [0.1, 0.15) is 0 Å². The smallest absolute Gasteiger partial charge is 0.273 e. The van der Waals surface area contributed by atoms with Gasteiger partial charge in [0.2, 0.25) is 5.91 Å². The van der Waals surface area contributed by atoms with Gasteiger partial charge in [-0.1, -0.05) is 25.1 Å². The minimum Gasteiger partial charge on any atom is -0.339 e. The fraction of sp³-hybridized carbons (Fsp3) is 0.562. The van der Waals surface area contributed by atoms with Gasteiger partial charge in [-0.15, -0.1) is 12.4 Å². The molecular formula is C16H24ClN3O3. The van der Waals surface area contributed by atoms with Crippen LogP contribution in [0.5, 0.6) is 0 Å². The van der Waals surface area contributed by atoms with Crippen LogP contribution in [-0.2, 0) is 11.2 Å². The maximum absolute atomic E-state index is 12.7. The number of nitro groups is 1. The van der Waals surface area contributed by atoms with E-state index in [4.69, 9.17) is 0 Å². The molecule has 1 aliphatic heterocycles. The van der Waals surface area contributed by atoms with Gasteiger partial charge in [-0.3, -0.25) is 14.9 Å². The van der Waals surface area contributed by atoms with Gasteiger partial charge >= 0.3 is 0 Å². The van der Waals surface area contributed by atoms with Crippen molar-refractivity contribution in [2.24, 2.45) is 0 Å². The van der Waals surface area contributed by atoms with E-state index in [1.54, 1.807) is 18.2 Å². The van der Waals surface area contributed by atoms with Crippen LogP contribution in [0.1, 0.15) is 31.7 Å². The van der Waals surface area contributed by atoms with Crippen LogP contribution in [0.3, 0.4) is 0 Å². The monoisotopic (exact) mass is 341 g/mol. The Balaban J connectivity index is 0.00000264. The molecule has 6 nitrogen and oxygen atoms in total. The normalized spacial score (nSPS) is 14.8. The summed E-state index contributed by atoms with van der Waals surface area (Å²) in [6.07, 6.45) is 2.89. The van der Waals surface area contributed by atoms with Crippen molar-refractivity contribution in [3.63, 3.8) is 0 Å². The molecule has 0 unspecified atom stereocenters. The van der Waals surface area contributed by atoms with Crippen molar-refractivity contribution >= 4 is 24.0 Å². The molecule has 1 amide bonds. The fourth-order valence-corrected chi connectivity index (χ4v) is 2.97. The van der Waals surface area contributed by atoms with Gasteiger partial charge in [0.05, 0.1) is 11.3 Å². The predicted octanol–water partition coefficient (Wildman–Crippen LogP) is 2.55. The molecule has 0 saturated carbocycles. The van der Waals surface area contributed by atoms with Crippen molar-refractivity contribution in [2.75, 3.05) is 19.6 Å². The standard InChI is InChI=1S/C16H23N3O3.ClH/c1-2-11-18(14-7-9-17-10-8-14)16(20)12-13-5-3-4-6-15(13)19(21)22;/h3-6,14,17H,2,7-12H2,1H3;1H. The predicted molar refractivity (Wildman–Crippen MR) is 91.9 cm³/mol. The largest absolute Gasteiger partial charge is 0.339 e. The summed E-state index contributed by atoms with van der Waals surface area (Å²) in [5.41, 5.74) is 0.519. The summed E-state index contributed by atoms with van der Waals surface area (Å²) in [6.45, 7) is 4.60. The number of nitro benzene ring substituents is 1. The number of amides is 1. The van der Waals surface area contributed by atoms with Gasteiger partial charge in [0.25, 0.3) is 5.69 Å². The Morgan fingerprint density at radius 3 is 2.61 bits per heavy atom. The Kier molecular flexibility index (Phi) is 7.98. The summed E-state index contributed by atoms with van der Waals surface area (Å²) >= 11 is 0. The zero-order valence-corrected chi connectivity index (χ0v) is 14.2. The van der Waals surface area contributed by atoms with Crippen LogP contribution >= 0.6 is 12.4 Å². The molecule has 1 saturated heterocycles. The van der Waals surface area contributed by atoms with Crippen molar-refractivity contribution in [1.82, 2.24) is 10.2 Å². The van der Waals surface area contributed by atoms with Crippen LogP contribution in [0.15, 0.2) is 24.3 Å². The molecule has 0 aromatic heterocycles. The molecule has 128 valence electrons. The highest BCUT2D eigenvalue weighted by molar-refractivity contribution is 5.85. The van der Waals surface area contributed by atoms with Gasteiger partial charge in [0, 0.05) is 24.2 Å². The lowest BCUT2D eigenvalue weighted by molar-refractivity contribution is -0.385. The van der Waals surface area contributed by atoms with Crippen molar-refractivity contribution in [1.29, 1.82) is 0 Å². The average Bonchev–Trinajstić information content (AvgIpc) is 2.53. The summed E-state index contributed by atoms with van der Waals surface area (Å²) in [5.74, 6) is -0.0111. The van der Waals surface area contributed by atoms with E-state index in [0.29, 0.717) is 12.1 Å². The first kappa shape index (κ1) is 19.4. The van der Waals surface area contributed by atoms with Crippen LogP contribution in [0.2, 0.25) is 0 Å². The third kappa shape index (κ3) is 5.18. The van der Waals surface area contributed by atoms with Gasteiger partial charge in [0.15, 0.2) is 0 Å². The molecule has 0 spiro atoms. The molecule has 0 aliphatic carbocycles. The molecule has 7 heteroatoms. The Morgan fingerprint density at radius 2 is 2.00 bits per heavy atom. The van der Waals surface area contributed by atoms with Gasteiger partial charge in [-0.25, -0.2) is 0 Å². The lowest BCUT2D eigenvalue weighted by Gasteiger charge is -2.34. The maximum Gasteiger partial charge on any atom is 0.273 e. The zero-order chi connectivity index (χ0) is 15.9. The molecule has 0 bridgehead atoms. The lowest BCUT2D eigenvalue weighted by Crippen LogP contribution is -2.47. The van der Waals surface area contributed by atoms with Gasteiger partial charge in [-0.05, 0) is 32.4 Å². The highest BCUT2D eigenvalue weighted by atomic mass is 35.5. The van der Waals surface area contributed by atoms with E-state index < -0.39 is 4.92 Å². The molecule has 1 fully saturated rings. The average molecular weight is 342 g/mol. The number of benzene rings is 1. The van der Waals surface area contributed by atoms with E-state index in [1.807, 2.05) is 11.8 Å². The SMILES string of the molecule is CCCN(C(=O)Cc1ccccc1[N+](=O)[O-])C1CCNCC1.Cl. The number of rotatable bonds is 6. The second-order valence-corrected chi connectivity index (χ2v) is 5.63. The molecule has 1 heterocycles. The number of hydrogen-bond donors (Lipinski definition) is 1. The first-order valence-electron chi connectivity index (χ1n) is 7.86. The van der Waals surface area contributed by atoms with E-state index in [1.165, 1.54) is 6.07 Å². The highest BCUT2D eigenvalue weighted by Gasteiger charge is 2.26. The van der Waals surface area contributed by atoms with Crippen LogP contribution in [0.4, 0.5) is 5.69 Å². The maximum atomic E-state index is 12.7. The first-order valence-corrected chi connectivity index (χ1v) is 7.86. The summed E-state index contributed by atoms with van der Waals surface area (Å²) < 4.78 is 0. The quantitative estimate of drug-likeness (QED) is 0.637. The molecule has 1 aromatic carbocycles. The molecule has 0 radical (unpaired) electrons. The third-order valence-electron chi connectivity index (χ3n) is 4.06. The Bertz CT molecular complexity index is 533. The van der Waals surface area contributed by atoms with Crippen molar-refractivity contribution in [3.8, 4) is 0 Å². The van der Waals surface area contributed by atoms with Gasteiger partial charge < -0.3 is 10.2 Å². The molecule has 0 atom stereocenters. The van der Waals surface area contributed by atoms with Crippen molar-refractivity contribution < 1.29 is 9.72 Å². The molecule has 2 rings (SSSR count). The highest BCUT2D eigenvalue weighted by Crippen LogP contribution is 2.20. The number of carbonyl (C=O) groups excluding carboxylic acids is 1. The number of para-hydroxylation sites is 1. The van der Waals surface area contributed by atoms with Crippen LogP contribution in [0.25, 0.3) is 0 Å². The fourth-order valence-electron chi connectivity index (χ4n) is 2.97. The topological polar surface area (TPSA) is 75.5 Å². The van der Waals surface area contributed by atoms with Crippen LogP contribution < -0.4 is 5.32 Å². The second kappa shape index (κ2) is 9.47.